The first-order valence-electron chi connectivity index (χ1n) is 4.04. The average molecular weight is 152 g/mol. The van der Waals surface area contributed by atoms with Gasteiger partial charge in [0.25, 0.3) is 0 Å². The number of hydrogen-bond donors (Lipinski definition) is 1. The molecule has 2 heteroatoms. The van der Waals surface area contributed by atoms with Gasteiger partial charge in [0, 0.05) is 26.3 Å². The largest absolute Gasteiger partial charge is 0.317 e. The molecule has 0 aliphatic heterocycles. The van der Waals surface area contributed by atoms with Crippen LogP contribution in [0, 0.1) is 0 Å². The Hall–Kier alpha value is -0.890. The molecule has 0 aliphatic rings. The number of likely N-dealkylation sites (N-methyl/N-ethyl adjacent to an activating group) is 1. The van der Waals surface area contributed by atoms with Crippen LogP contribution in [-0.4, -0.2) is 18.1 Å². The topological polar surface area (TPSA) is 24.9 Å². The van der Waals surface area contributed by atoms with Gasteiger partial charge in [-0.1, -0.05) is 13.0 Å². The second-order valence-electron chi connectivity index (χ2n) is 2.42. The maximum atomic E-state index is 4.21. The number of pyridine rings is 1. The fourth-order valence-electron chi connectivity index (χ4n) is 0.939. The van der Waals surface area contributed by atoms with Gasteiger partial charge >= 0.3 is 0 Å². The van der Waals surface area contributed by atoms with E-state index in [2.05, 4.69) is 23.3 Å². The first-order chi connectivity index (χ1) is 5.43. The van der Waals surface area contributed by atoms with Crippen molar-refractivity contribution in [2.24, 2.45) is 0 Å². The zero-order valence-corrected chi connectivity index (χ0v) is 6.88. The third-order valence-corrected chi connectivity index (χ3v) is 1.53. The van der Waals surface area contributed by atoms with E-state index in [1.165, 1.54) is 0 Å². The lowest BCUT2D eigenvalue weighted by molar-refractivity contribution is 0.708. The smallest absolute Gasteiger partial charge is 0.0416 e. The van der Waals surface area contributed by atoms with E-state index in [0.29, 0.717) is 0 Å². The molecule has 2 nitrogen and oxygen atoms in total. The van der Waals surface area contributed by atoms with Gasteiger partial charge in [0.1, 0.15) is 0 Å². The lowest BCUT2D eigenvalue weighted by Gasteiger charge is -1.99. The van der Waals surface area contributed by atoms with Crippen LogP contribution in [0.4, 0.5) is 0 Å². The zero-order valence-electron chi connectivity index (χ0n) is 6.88. The molecule has 11 heavy (non-hydrogen) atoms. The molecule has 1 aromatic rings. The maximum Gasteiger partial charge on any atom is 0.0416 e. The van der Waals surface area contributed by atoms with Gasteiger partial charge in [-0.2, -0.15) is 0 Å². The summed E-state index contributed by atoms with van der Waals surface area (Å²) in [5.74, 6) is 0. The molecule has 0 fully saturated rings. The fraction of sp³-hybridized carbons (Fsp3) is 0.444. The van der Waals surface area contributed by atoms with E-state index in [0.717, 1.165) is 25.2 Å². The predicted molar refractivity (Wildman–Crippen MR) is 48.6 cm³/mol. The number of nitrogens with zero attached hydrogens (tertiary/aromatic N) is 1. The summed E-state index contributed by atoms with van der Waals surface area (Å²) in [6, 6.07) is 6.02. The molecular weight excluding hydrogens is 136 g/mol. The summed E-state index contributed by atoms with van der Waals surface area (Å²) < 4.78 is 0. The van der Waals surface area contributed by atoms with E-state index >= 15 is 0 Å². The van der Waals surface area contributed by atoms with Gasteiger partial charge in [-0.3, -0.25) is 4.98 Å². The highest BCUT2D eigenvalue weighted by atomic mass is 14.8. The highest BCUT2D eigenvalue weighted by Crippen LogP contribution is 1.92. The van der Waals surface area contributed by atoms with Crippen LogP contribution in [-0.2, 0) is 6.42 Å². The van der Waals surface area contributed by atoms with Crippen molar-refractivity contribution in [1.29, 1.82) is 0 Å². The summed E-state index contributed by atoms with van der Waals surface area (Å²) in [5.41, 5.74) is 1.16. The van der Waals surface area contributed by atoms with Gasteiger partial charge in [0.05, 0.1) is 0 Å². The minimum atomic E-state index is 0. The Balaban J connectivity index is 0.00000121. The quantitative estimate of drug-likeness (QED) is 0.661. The SMILES string of the molecule is CCNCCc1ccccn1.[HH]. The summed E-state index contributed by atoms with van der Waals surface area (Å²) in [4.78, 5) is 4.21. The molecule has 1 aromatic heterocycles. The molecule has 0 saturated carbocycles. The Bertz CT molecular complexity index is 189. The second-order valence-corrected chi connectivity index (χ2v) is 2.42. The normalized spacial score (nSPS) is 9.91. The number of rotatable bonds is 4. The molecule has 1 N–H and O–H groups in total. The first kappa shape index (κ1) is 8.21. The summed E-state index contributed by atoms with van der Waals surface area (Å²) in [6.45, 7) is 4.17. The van der Waals surface area contributed by atoms with Crippen LogP contribution in [0.2, 0.25) is 0 Å². The molecule has 0 atom stereocenters. The van der Waals surface area contributed by atoms with Gasteiger partial charge in [-0.25, -0.2) is 0 Å². The summed E-state index contributed by atoms with van der Waals surface area (Å²) in [7, 11) is 0. The molecule has 0 bridgehead atoms. The third kappa shape index (κ3) is 3.14. The van der Waals surface area contributed by atoms with Crippen molar-refractivity contribution in [3.8, 4) is 0 Å². The van der Waals surface area contributed by atoms with Crippen LogP contribution in [0.3, 0.4) is 0 Å². The molecule has 0 unspecified atom stereocenters. The van der Waals surface area contributed by atoms with E-state index in [1.54, 1.807) is 0 Å². The van der Waals surface area contributed by atoms with Gasteiger partial charge in [-0.15, -0.1) is 0 Å². The van der Waals surface area contributed by atoms with Crippen LogP contribution in [0.25, 0.3) is 0 Å². The molecule has 1 heterocycles. The molecule has 0 aliphatic carbocycles. The molecule has 0 radical (unpaired) electrons. The lowest BCUT2D eigenvalue weighted by Crippen LogP contribution is -2.16. The van der Waals surface area contributed by atoms with Gasteiger partial charge in [0.2, 0.25) is 0 Å². The fourth-order valence-corrected chi connectivity index (χ4v) is 0.939. The monoisotopic (exact) mass is 152 g/mol. The van der Waals surface area contributed by atoms with Crippen molar-refractivity contribution in [1.82, 2.24) is 10.3 Å². The Morgan fingerprint density at radius 3 is 3.09 bits per heavy atom. The third-order valence-electron chi connectivity index (χ3n) is 1.53. The van der Waals surface area contributed by atoms with E-state index in [9.17, 15) is 0 Å². The Morgan fingerprint density at radius 2 is 2.45 bits per heavy atom. The maximum absolute atomic E-state index is 4.21. The standard InChI is InChI=1S/C9H14N2.H2/c1-2-10-8-6-9-5-3-4-7-11-9;/h3-5,7,10H,2,6,8H2,1H3;1H. The highest BCUT2D eigenvalue weighted by molar-refractivity contribution is 5.03. The number of aromatic nitrogens is 1. The van der Waals surface area contributed by atoms with Crippen LogP contribution in [0.1, 0.15) is 14.0 Å². The lowest BCUT2D eigenvalue weighted by atomic mass is 10.3. The minimum absolute atomic E-state index is 0. The van der Waals surface area contributed by atoms with Crippen molar-refractivity contribution in [3.63, 3.8) is 0 Å². The van der Waals surface area contributed by atoms with Gasteiger partial charge < -0.3 is 5.32 Å². The van der Waals surface area contributed by atoms with E-state index in [4.69, 9.17) is 0 Å². The number of nitrogens with one attached hydrogen (secondary N) is 1. The van der Waals surface area contributed by atoms with Crippen molar-refractivity contribution < 1.29 is 1.43 Å². The molecular formula is C9H16N2. The van der Waals surface area contributed by atoms with E-state index in [-0.39, 0.29) is 1.43 Å². The van der Waals surface area contributed by atoms with Crippen LogP contribution in [0.15, 0.2) is 24.4 Å². The van der Waals surface area contributed by atoms with Crippen LogP contribution in [0.5, 0.6) is 0 Å². The highest BCUT2D eigenvalue weighted by Gasteiger charge is 1.89. The van der Waals surface area contributed by atoms with Gasteiger partial charge in [0.15, 0.2) is 0 Å². The van der Waals surface area contributed by atoms with Crippen molar-refractivity contribution in [2.45, 2.75) is 13.3 Å². The summed E-state index contributed by atoms with van der Waals surface area (Å²) >= 11 is 0. The Labute approximate surface area is 69.1 Å². The Morgan fingerprint density at radius 1 is 1.55 bits per heavy atom. The number of hydrogen-bond acceptors (Lipinski definition) is 2. The second kappa shape index (κ2) is 4.85. The minimum Gasteiger partial charge on any atom is -0.317 e. The van der Waals surface area contributed by atoms with Crippen molar-refractivity contribution in [3.05, 3.63) is 30.1 Å². The molecule has 0 saturated heterocycles. The predicted octanol–water partition coefficient (Wildman–Crippen LogP) is 1.48. The summed E-state index contributed by atoms with van der Waals surface area (Å²) in [6.07, 6.45) is 2.86. The summed E-state index contributed by atoms with van der Waals surface area (Å²) in [5, 5.41) is 3.26. The molecule has 0 amide bonds. The molecule has 1 rings (SSSR count). The molecule has 0 spiro atoms. The zero-order chi connectivity index (χ0) is 7.94. The van der Waals surface area contributed by atoms with Crippen LogP contribution >= 0.6 is 0 Å². The molecule has 0 aromatic carbocycles. The average Bonchev–Trinajstić information content (AvgIpc) is 2.07. The first-order valence-corrected chi connectivity index (χ1v) is 4.04. The van der Waals surface area contributed by atoms with Crippen LogP contribution < -0.4 is 5.32 Å². The van der Waals surface area contributed by atoms with Crippen molar-refractivity contribution in [2.75, 3.05) is 13.1 Å². The van der Waals surface area contributed by atoms with E-state index in [1.807, 2.05) is 18.3 Å². The molecule has 62 valence electrons. The van der Waals surface area contributed by atoms with E-state index < -0.39 is 0 Å². The van der Waals surface area contributed by atoms with Crippen molar-refractivity contribution >= 4 is 0 Å². The Kier molecular flexibility index (Phi) is 3.62. The van der Waals surface area contributed by atoms with Gasteiger partial charge in [-0.05, 0) is 18.7 Å².